The van der Waals surface area contributed by atoms with Crippen molar-refractivity contribution in [3.8, 4) is 0 Å². The number of carbonyl (C=O) groups is 1. The number of benzene rings is 1. The Morgan fingerprint density at radius 1 is 1.17 bits per heavy atom. The summed E-state index contributed by atoms with van der Waals surface area (Å²) in [7, 11) is -3.69. The van der Waals surface area contributed by atoms with Gasteiger partial charge < -0.3 is 5.32 Å². The second kappa shape index (κ2) is 7.00. The van der Waals surface area contributed by atoms with Crippen molar-refractivity contribution in [3.63, 3.8) is 0 Å². The van der Waals surface area contributed by atoms with E-state index in [2.05, 4.69) is 5.32 Å². The van der Waals surface area contributed by atoms with Crippen LogP contribution in [0.4, 0.5) is 10.1 Å². The highest BCUT2D eigenvalue weighted by Gasteiger charge is 2.31. The zero-order valence-corrected chi connectivity index (χ0v) is 14.5. The van der Waals surface area contributed by atoms with Gasteiger partial charge in [-0.3, -0.25) is 4.79 Å². The van der Waals surface area contributed by atoms with Gasteiger partial charge >= 0.3 is 0 Å². The zero-order valence-electron chi connectivity index (χ0n) is 12.9. The van der Waals surface area contributed by atoms with Crippen molar-refractivity contribution in [1.82, 2.24) is 4.31 Å². The molecule has 2 aromatic rings. The van der Waals surface area contributed by atoms with Crippen LogP contribution in [-0.4, -0.2) is 31.7 Å². The van der Waals surface area contributed by atoms with Crippen LogP contribution in [0.5, 0.6) is 0 Å². The number of rotatable bonds is 4. The van der Waals surface area contributed by atoms with Crippen LogP contribution in [0.3, 0.4) is 0 Å². The highest BCUT2D eigenvalue weighted by molar-refractivity contribution is 7.89. The lowest BCUT2D eigenvalue weighted by atomic mass is 10.2. The maximum Gasteiger partial charge on any atom is 0.267 e. The van der Waals surface area contributed by atoms with Crippen LogP contribution in [-0.2, 0) is 10.0 Å². The van der Waals surface area contributed by atoms with E-state index in [0.717, 1.165) is 30.6 Å². The van der Waals surface area contributed by atoms with E-state index >= 15 is 0 Å². The molecule has 0 atom stereocenters. The van der Waals surface area contributed by atoms with Crippen LogP contribution in [0, 0.1) is 5.82 Å². The summed E-state index contributed by atoms with van der Waals surface area (Å²) in [6.45, 7) is 0.951. The number of halogens is 1. The van der Waals surface area contributed by atoms with E-state index in [4.69, 9.17) is 0 Å². The predicted molar refractivity (Wildman–Crippen MR) is 91.3 cm³/mol. The monoisotopic (exact) mass is 368 g/mol. The van der Waals surface area contributed by atoms with Gasteiger partial charge in [-0.25, -0.2) is 12.8 Å². The van der Waals surface area contributed by atoms with Crippen LogP contribution < -0.4 is 5.32 Å². The predicted octanol–water partition coefficient (Wildman–Crippen LogP) is 3.31. The molecule has 0 radical (unpaired) electrons. The van der Waals surface area contributed by atoms with Gasteiger partial charge in [0, 0.05) is 18.8 Å². The molecule has 1 fully saturated rings. The number of nitrogens with one attached hydrogen (secondary N) is 1. The number of piperidine rings is 1. The first-order valence-electron chi connectivity index (χ1n) is 7.63. The van der Waals surface area contributed by atoms with Gasteiger partial charge in [-0.15, -0.1) is 11.3 Å². The van der Waals surface area contributed by atoms with Gasteiger partial charge in [0.1, 0.15) is 15.6 Å². The number of hydrogen-bond acceptors (Lipinski definition) is 4. The van der Waals surface area contributed by atoms with Gasteiger partial charge in [-0.05, 0) is 42.5 Å². The average molecular weight is 368 g/mol. The molecule has 1 saturated heterocycles. The Kier molecular flexibility index (Phi) is 4.98. The smallest absolute Gasteiger partial charge is 0.267 e. The first-order chi connectivity index (χ1) is 11.5. The lowest BCUT2D eigenvalue weighted by Gasteiger charge is -2.25. The molecule has 0 bridgehead atoms. The van der Waals surface area contributed by atoms with E-state index in [1.54, 1.807) is 11.4 Å². The SMILES string of the molecule is O=C(Nc1cccc(F)c1)c1sccc1S(=O)(=O)N1CCCCC1. The Labute approximate surface area is 144 Å². The maximum atomic E-state index is 13.2. The second-order valence-electron chi connectivity index (χ2n) is 5.54. The van der Waals surface area contributed by atoms with Crippen LogP contribution >= 0.6 is 11.3 Å². The molecule has 1 aliphatic rings. The first kappa shape index (κ1) is 17.1. The summed E-state index contributed by atoms with van der Waals surface area (Å²) in [6.07, 6.45) is 2.67. The first-order valence-corrected chi connectivity index (χ1v) is 9.95. The molecule has 0 unspecified atom stereocenters. The van der Waals surface area contributed by atoms with Gasteiger partial charge in [0.15, 0.2) is 0 Å². The van der Waals surface area contributed by atoms with Gasteiger partial charge in [0.05, 0.1) is 0 Å². The standard InChI is InChI=1S/C16H17FN2O3S2/c17-12-5-4-6-13(11-12)18-16(20)15-14(7-10-23-15)24(21,22)19-8-2-1-3-9-19/h4-7,10-11H,1-3,8-9H2,(H,18,20). The zero-order chi connectivity index (χ0) is 17.2. The molecule has 1 amide bonds. The summed E-state index contributed by atoms with van der Waals surface area (Å²) in [5, 5.41) is 4.13. The molecule has 1 aromatic heterocycles. The fraction of sp³-hybridized carbons (Fsp3) is 0.312. The molecule has 2 heterocycles. The summed E-state index contributed by atoms with van der Waals surface area (Å²) < 4.78 is 40.2. The molecule has 5 nitrogen and oxygen atoms in total. The third-order valence-electron chi connectivity index (χ3n) is 3.85. The molecular weight excluding hydrogens is 351 g/mol. The Bertz CT molecular complexity index is 843. The van der Waals surface area contributed by atoms with Gasteiger partial charge in [-0.2, -0.15) is 4.31 Å². The average Bonchev–Trinajstić information content (AvgIpc) is 3.06. The summed E-state index contributed by atoms with van der Waals surface area (Å²) in [5.41, 5.74) is 0.287. The van der Waals surface area contributed by atoms with Crippen molar-refractivity contribution in [2.75, 3.05) is 18.4 Å². The van der Waals surface area contributed by atoms with E-state index < -0.39 is 21.7 Å². The normalized spacial score (nSPS) is 16.0. The van der Waals surface area contributed by atoms with Crippen LogP contribution in [0.15, 0.2) is 40.6 Å². The molecule has 1 aliphatic heterocycles. The number of hydrogen-bond donors (Lipinski definition) is 1. The molecular formula is C16H17FN2O3S2. The van der Waals surface area contributed by atoms with Gasteiger partial charge in [0.2, 0.25) is 10.0 Å². The van der Waals surface area contributed by atoms with Crippen LogP contribution in [0.25, 0.3) is 0 Å². The minimum Gasteiger partial charge on any atom is -0.321 e. The van der Waals surface area contributed by atoms with E-state index in [1.165, 1.54) is 28.6 Å². The summed E-state index contributed by atoms with van der Waals surface area (Å²) in [4.78, 5) is 12.6. The molecule has 0 spiro atoms. The fourth-order valence-corrected chi connectivity index (χ4v) is 5.48. The minimum absolute atomic E-state index is 0.0169. The van der Waals surface area contributed by atoms with Crippen molar-refractivity contribution in [3.05, 3.63) is 46.4 Å². The Morgan fingerprint density at radius 2 is 1.92 bits per heavy atom. The van der Waals surface area contributed by atoms with Crippen molar-refractivity contribution in [1.29, 1.82) is 0 Å². The highest BCUT2D eigenvalue weighted by atomic mass is 32.2. The summed E-state index contributed by atoms with van der Waals surface area (Å²) in [5.74, 6) is -1.02. The fourth-order valence-electron chi connectivity index (χ4n) is 2.66. The largest absolute Gasteiger partial charge is 0.321 e. The third kappa shape index (κ3) is 3.50. The van der Waals surface area contributed by atoms with Crippen LogP contribution in [0.1, 0.15) is 28.9 Å². The third-order valence-corrected chi connectivity index (χ3v) is 6.83. The van der Waals surface area contributed by atoms with Crippen molar-refractivity contribution in [2.45, 2.75) is 24.2 Å². The number of nitrogens with zero attached hydrogens (tertiary/aromatic N) is 1. The van der Waals surface area contributed by atoms with Crippen molar-refractivity contribution < 1.29 is 17.6 Å². The molecule has 8 heteroatoms. The van der Waals surface area contributed by atoms with E-state index in [9.17, 15) is 17.6 Å². The Morgan fingerprint density at radius 3 is 2.62 bits per heavy atom. The summed E-state index contributed by atoms with van der Waals surface area (Å²) >= 11 is 1.06. The van der Waals surface area contributed by atoms with E-state index in [0.29, 0.717) is 13.1 Å². The number of amides is 1. The van der Waals surface area contributed by atoms with Crippen molar-refractivity contribution >= 4 is 33.0 Å². The number of thiophene rings is 1. The highest BCUT2D eigenvalue weighted by Crippen LogP contribution is 2.28. The van der Waals surface area contributed by atoms with Gasteiger partial charge in [-0.1, -0.05) is 12.5 Å². The van der Waals surface area contributed by atoms with Crippen molar-refractivity contribution in [2.24, 2.45) is 0 Å². The quantitative estimate of drug-likeness (QED) is 0.900. The molecule has 1 N–H and O–H groups in total. The number of sulfonamides is 1. The lowest BCUT2D eigenvalue weighted by Crippen LogP contribution is -2.36. The lowest BCUT2D eigenvalue weighted by molar-refractivity contribution is 0.102. The van der Waals surface area contributed by atoms with E-state index in [-0.39, 0.29) is 15.5 Å². The van der Waals surface area contributed by atoms with Gasteiger partial charge in [0.25, 0.3) is 5.91 Å². The molecule has 0 saturated carbocycles. The maximum absolute atomic E-state index is 13.2. The van der Waals surface area contributed by atoms with E-state index in [1.807, 2.05) is 0 Å². The van der Waals surface area contributed by atoms with Crippen LogP contribution in [0.2, 0.25) is 0 Å². The Hall–Kier alpha value is -1.77. The number of anilines is 1. The molecule has 24 heavy (non-hydrogen) atoms. The molecule has 1 aromatic carbocycles. The molecule has 3 rings (SSSR count). The molecule has 0 aliphatic carbocycles. The second-order valence-corrected chi connectivity index (χ2v) is 8.37. The summed E-state index contributed by atoms with van der Waals surface area (Å²) in [6, 6.07) is 6.94. The minimum atomic E-state index is -3.69. The topological polar surface area (TPSA) is 66.5 Å². The molecule has 128 valence electrons. The number of carbonyl (C=O) groups excluding carboxylic acids is 1. The Balaban J connectivity index is 1.85.